The lowest BCUT2D eigenvalue weighted by molar-refractivity contribution is -0.144. The maximum atomic E-state index is 11.1. The molecule has 0 aromatic heterocycles. The van der Waals surface area contributed by atoms with E-state index in [1.165, 1.54) is 13.0 Å². The molecule has 0 amide bonds. The first-order chi connectivity index (χ1) is 9.87. The number of carbonyl (C=O) groups is 3. The van der Waals surface area contributed by atoms with Crippen molar-refractivity contribution in [2.24, 2.45) is 5.92 Å². The molecular formula is C14H22O7. The van der Waals surface area contributed by atoms with Gasteiger partial charge in [-0.1, -0.05) is 19.2 Å². The van der Waals surface area contributed by atoms with E-state index in [4.69, 9.17) is 14.9 Å². The molecule has 0 bridgehead atoms. The zero-order valence-electron chi connectivity index (χ0n) is 12.1. The number of carbonyl (C=O) groups excluding carboxylic acids is 2. The summed E-state index contributed by atoms with van der Waals surface area (Å²) < 4.78 is 8.88. The van der Waals surface area contributed by atoms with Gasteiger partial charge in [-0.25, -0.2) is 0 Å². The SMILES string of the molecule is C=CCOC(=O)CC(CCO)CC(=O)O.C=COC(C)=O. The minimum absolute atomic E-state index is 0.0146. The lowest BCUT2D eigenvalue weighted by atomic mass is 9.98. The van der Waals surface area contributed by atoms with Gasteiger partial charge >= 0.3 is 17.9 Å². The van der Waals surface area contributed by atoms with Gasteiger partial charge in [0.1, 0.15) is 6.61 Å². The first-order valence-electron chi connectivity index (χ1n) is 6.24. The van der Waals surface area contributed by atoms with Gasteiger partial charge in [0.05, 0.1) is 6.26 Å². The summed E-state index contributed by atoms with van der Waals surface area (Å²) >= 11 is 0. The molecule has 120 valence electrons. The average molecular weight is 302 g/mol. The predicted octanol–water partition coefficient (Wildman–Crippen LogP) is 1.27. The predicted molar refractivity (Wildman–Crippen MR) is 75.2 cm³/mol. The third-order valence-electron chi connectivity index (χ3n) is 2.07. The fourth-order valence-corrected chi connectivity index (χ4v) is 1.27. The van der Waals surface area contributed by atoms with Gasteiger partial charge in [0.2, 0.25) is 0 Å². The number of rotatable bonds is 9. The molecule has 0 heterocycles. The van der Waals surface area contributed by atoms with Crippen LogP contribution in [0.25, 0.3) is 0 Å². The second kappa shape index (κ2) is 14.3. The first-order valence-corrected chi connectivity index (χ1v) is 6.24. The fraction of sp³-hybridized carbons (Fsp3) is 0.500. The van der Waals surface area contributed by atoms with Gasteiger partial charge in [-0.3, -0.25) is 14.4 Å². The van der Waals surface area contributed by atoms with Gasteiger partial charge in [0, 0.05) is 26.4 Å². The highest BCUT2D eigenvalue weighted by Crippen LogP contribution is 2.14. The Hall–Kier alpha value is -2.15. The number of aliphatic hydroxyl groups excluding tert-OH is 1. The molecule has 0 fully saturated rings. The van der Waals surface area contributed by atoms with Crippen molar-refractivity contribution in [1.82, 2.24) is 0 Å². The summed E-state index contributed by atoms with van der Waals surface area (Å²) in [5.41, 5.74) is 0. The molecule has 0 saturated carbocycles. The fourth-order valence-electron chi connectivity index (χ4n) is 1.27. The van der Waals surface area contributed by atoms with Gasteiger partial charge in [-0.15, -0.1) is 0 Å². The van der Waals surface area contributed by atoms with Crippen molar-refractivity contribution in [3.8, 4) is 0 Å². The average Bonchev–Trinajstić information content (AvgIpc) is 2.36. The molecule has 0 aromatic rings. The van der Waals surface area contributed by atoms with Crippen LogP contribution >= 0.6 is 0 Å². The van der Waals surface area contributed by atoms with Crippen LogP contribution in [0.5, 0.6) is 0 Å². The van der Waals surface area contributed by atoms with Crippen molar-refractivity contribution in [2.45, 2.75) is 26.2 Å². The third kappa shape index (κ3) is 17.9. The highest BCUT2D eigenvalue weighted by molar-refractivity contribution is 5.72. The van der Waals surface area contributed by atoms with Crippen LogP contribution in [0, 0.1) is 5.92 Å². The Morgan fingerprint density at radius 3 is 2.19 bits per heavy atom. The Bertz CT molecular complexity index is 349. The largest absolute Gasteiger partial charge is 0.481 e. The summed E-state index contributed by atoms with van der Waals surface area (Å²) in [5.74, 6) is -2.14. The summed E-state index contributed by atoms with van der Waals surface area (Å²) in [6.45, 7) is 7.85. The van der Waals surface area contributed by atoms with Crippen LogP contribution in [0.1, 0.15) is 26.2 Å². The van der Waals surface area contributed by atoms with Crippen LogP contribution in [0.15, 0.2) is 25.5 Å². The van der Waals surface area contributed by atoms with Gasteiger partial charge in [0.25, 0.3) is 0 Å². The van der Waals surface area contributed by atoms with Crippen LogP contribution in [0.2, 0.25) is 0 Å². The van der Waals surface area contributed by atoms with Crippen molar-refractivity contribution < 1.29 is 34.1 Å². The number of hydrogen-bond acceptors (Lipinski definition) is 6. The van der Waals surface area contributed by atoms with Gasteiger partial charge in [-0.05, 0) is 12.3 Å². The summed E-state index contributed by atoms with van der Waals surface area (Å²) in [5, 5.41) is 17.2. The number of esters is 2. The molecule has 0 saturated heterocycles. The Morgan fingerprint density at radius 1 is 1.24 bits per heavy atom. The van der Waals surface area contributed by atoms with Crippen LogP contribution in [0.4, 0.5) is 0 Å². The number of aliphatic carboxylic acids is 1. The van der Waals surface area contributed by atoms with Crippen LogP contribution < -0.4 is 0 Å². The van der Waals surface area contributed by atoms with Crippen molar-refractivity contribution in [3.63, 3.8) is 0 Å². The molecule has 1 unspecified atom stereocenters. The van der Waals surface area contributed by atoms with Gasteiger partial charge < -0.3 is 19.7 Å². The zero-order valence-corrected chi connectivity index (χ0v) is 12.1. The molecule has 0 aliphatic heterocycles. The molecule has 0 radical (unpaired) electrons. The molecule has 1 atom stereocenters. The maximum Gasteiger partial charge on any atom is 0.307 e. The molecule has 7 heteroatoms. The Kier molecular flexibility index (Phi) is 14.4. The number of ether oxygens (including phenoxy) is 2. The van der Waals surface area contributed by atoms with E-state index < -0.39 is 11.9 Å². The van der Waals surface area contributed by atoms with E-state index >= 15 is 0 Å². The second-order valence-electron chi connectivity index (χ2n) is 3.93. The lowest BCUT2D eigenvalue weighted by Crippen LogP contribution is -2.16. The van der Waals surface area contributed by atoms with E-state index in [9.17, 15) is 14.4 Å². The van der Waals surface area contributed by atoms with Crippen molar-refractivity contribution in [2.75, 3.05) is 13.2 Å². The van der Waals surface area contributed by atoms with Crippen LogP contribution in [0.3, 0.4) is 0 Å². The Balaban J connectivity index is 0. The molecule has 0 aliphatic rings. The molecule has 0 spiro atoms. The van der Waals surface area contributed by atoms with Crippen molar-refractivity contribution >= 4 is 17.9 Å². The normalized spacial score (nSPS) is 10.4. The van der Waals surface area contributed by atoms with E-state index in [2.05, 4.69) is 17.9 Å². The molecule has 0 rings (SSSR count). The smallest absolute Gasteiger partial charge is 0.307 e. The van der Waals surface area contributed by atoms with E-state index in [1.807, 2.05) is 0 Å². The van der Waals surface area contributed by atoms with E-state index in [1.54, 1.807) is 0 Å². The number of aliphatic hydroxyl groups is 1. The van der Waals surface area contributed by atoms with Crippen LogP contribution in [-0.2, 0) is 23.9 Å². The zero-order chi connectivity index (χ0) is 16.7. The minimum Gasteiger partial charge on any atom is -0.481 e. The van der Waals surface area contributed by atoms with Gasteiger partial charge in [-0.2, -0.15) is 0 Å². The van der Waals surface area contributed by atoms with Crippen LogP contribution in [-0.4, -0.2) is 41.3 Å². The van der Waals surface area contributed by atoms with Crippen molar-refractivity contribution in [3.05, 3.63) is 25.5 Å². The highest BCUT2D eigenvalue weighted by Gasteiger charge is 2.17. The molecule has 0 aliphatic carbocycles. The minimum atomic E-state index is -0.982. The monoisotopic (exact) mass is 302 g/mol. The summed E-state index contributed by atoms with van der Waals surface area (Å²) in [4.78, 5) is 31.3. The summed E-state index contributed by atoms with van der Waals surface area (Å²) in [7, 11) is 0. The molecular weight excluding hydrogens is 280 g/mol. The van der Waals surface area contributed by atoms with Gasteiger partial charge in [0.15, 0.2) is 0 Å². The Morgan fingerprint density at radius 2 is 1.86 bits per heavy atom. The summed E-state index contributed by atoms with van der Waals surface area (Å²) in [6, 6.07) is 0. The Labute approximate surface area is 123 Å². The molecule has 2 N–H and O–H groups in total. The first kappa shape index (κ1) is 21.2. The second-order valence-corrected chi connectivity index (χ2v) is 3.93. The number of hydrogen-bond donors (Lipinski definition) is 2. The summed E-state index contributed by atoms with van der Waals surface area (Å²) in [6.07, 6.45) is 2.71. The van der Waals surface area contributed by atoms with Crippen molar-refractivity contribution in [1.29, 1.82) is 0 Å². The molecule has 0 aromatic carbocycles. The molecule has 7 nitrogen and oxygen atoms in total. The number of carboxylic acids is 1. The van der Waals surface area contributed by atoms with E-state index in [-0.39, 0.29) is 44.4 Å². The quantitative estimate of drug-likeness (QED) is 0.375. The maximum absolute atomic E-state index is 11.1. The molecule has 21 heavy (non-hydrogen) atoms. The standard InChI is InChI=1S/C10H16O5.C4H6O2/c1-2-5-15-10(14)7-8(3-4-11)6-9(12)13;1-3-6-4(2)5/h2,8,11H,1,3-7H2,(H,12,13);3H,1H2,2H3. The van der Waals surface area contributed by atoms with E-state index in [0.717, 1.165) is 6.26 Å². The van der Waals surface area contributed by atoms with E-state index in [0.29, 0.717) is 0 Å². The number of carboxylic acid groups (broad SMARTS) is 1. The third-order valence-corrected chi connectivity index (χ3v) is 2.07. The highest BCUT2D eigenvalue weighted by atomic mass is 16.5. The lowest BCUT2D eigenvalue weighted by Gasteiger charge is -2.11. The topological polar surface area (TPSA) is 110 Å².